The molecular weight excluding hydrogens is 226 g/mol. The lowest BCUT2D eigenvalue weighted by molar-refractivity contribution is 0.163. The number of ether oxygens (including phenoxy) is 1. The second kappa shape index (κ2) is 5.74. The van der Waals surface area contributed by atoms with Crippen molar-refractivity contribution >= 4 is 5.95 Å². The number of anilines is 1. The van der Waals surface area contributed by atoms with Crippen LogP contribution in [0.25, 0.3) is 0 Å². The molecule has 0 aromatic carbocycles. The van der Waals surface area contributed by atoms with Gasteiger partial charge in [0.1, 0.15) is 0 Å². The van der Waals surface area contributed by atoms with E-state index < -0.39 is 0 Å². The minimum absolute atomic E-state index is 0.312. The molecule has 0 saturated heterocycles. The third-order valence-electron chi connectivity index (χ3n) is 3.49. The first-order valence-corrected chi connectivity index (χ1v) is 6.91. The highest BCUT2D eigenvalue weighted by Crippen LogP contribution is 2.34. The summed E-state index contributed by atoms with van der Waals surface area (Å²) < 4.78 is 7.41. The number of aromatic nitrogens is 2. The molecule has 1 N–H and O–H groups in total. The Labute approximate surface area is 110 Å². The fourth-order valence-corrected chi connectivity index (χ4v) is 2.41. The molecule has 0 aliphatic heterocycles. The highest BCUT2D eigenvalue weighted by Gasteiger charge is 2.24. The maximum absolute atomic E-state index is 5.23. The zero-order chi connectivity index (χ0) is 13.1. The lowest BCUT2D eigenvalue weighted by atomic mass is 10.2. The van der Waals surface area contributed by atoms with Gasteiger partial charge in [-0.1, -0.05) is 12.8 Å². The molecule has 1 aromatic rings. The molecule has 1 heterocycles. The molecule has 0 spiro atoms. The summed E-state index contributed by atoms with van der Waals surface area (Å²) in [5.41, 5.74) is 1.05. The van der Waals surface area contributed by atoms with Crippen molar-refractivity contribution < 1.29 is 4.74 Å². The first-order chi connectivity index (χ1) is 8.60. The van der Waals surface area contributed by atoms with Crippen LogP contribution in [0.3, 0.4) is 0 Å². The van der Waals surface area contributed by atoms with Crippen LogP contribution in [0.2, 0.25) is 0 Å². The van der Waals surface area contributed by atoms with Gasteiger partial charge in [0, 0.05) is 19.3 Å². The van der Waals surface area contributed by atoms with Gasteiger partial charge in [0.25, 0.3) is 0 Å². The van der Waals surface area contributed by atoms with Crippen molar-refractivity contribution in [2.45, 2.75) is 52.1 Å². The third-order valence-corrected chi connectivity index (χ3v) is 3.49. The number of imidazole rings is 1. The summed E-state index contributed by atoms with van der Waals surface area (Å²) in [5.74, 6) is 1.92. The average Bonchev–Trinajstić information content (AvgIpc) is 3.02. The molecule has 1 saturated carbocycles. The van der Waals surface area contributed by atoms with Crippen LogP contribution in [0, 0.1) is 12.8 Å². The van der Waals surface area contributed by atoms with Crippen molar-refractivity contribution in [3.63, 3.8) is 0 Å². The van der Waals surface area contributed by atoms with Gasteiger partial charge in [-0.3, -0.25) is 0 Å². The van der Waals surface area contributed by atoms with Crippen LogP contribution in [0.15, 0.2) is 6.20 Å². The van der Waals surface area contributed by atoms with Crippen LogP contribution in [0.5, 0.6) is 0 Å². The van der Waals surface area contributed by atoms with Crippen LogP contribution in [-0.2, 0) is 4.74 Å². The summed E-state index contributed by atoms with van der Waals surface area (Å²) in [6.07, 6.45) is 6.15. The molecule has 18 heavy (non-hydrogen) atoms. The van der Waals surface area contributed by atoms with Gasteiger partial charge in [-0.15, -0.1) is 0 Å². The quantitative estimate of drug-likeness (QED) is 0.809. The number of nitrogens with one attached hydrogen (secondary N) is 1. The lowest BCUT2D eigenvalue weighted by Crippen LogP contribution is -2.21. The number of aryl methyl sites for hydroxylation is 1. The van der Waals surface area contributed by atoms with Gasteiger partial charge < -0.3 is 14.6 Å². The molecule has 1 aliphatic carbocycles. The molecule has 4 nitrogen and oxygen atoms in total. The molecule has 1 aliphatic rings. The first kappa shape index (κ1) is 13.4. The summed E-state index contributed by atoms with van der Waals surface area (Å²) in [5, 5.41) is 3.54. The summed E-state index contributed by atoms with van der Waals surface area (Å²) in [6.45, 7) is 7.14. The zero-order valence-corrected chi connectivity index (χ0v) is 11.9. The second-order valence-electron chi connectivity index (χ2n) is 5.64. The maximum Gasteiger partial charge on any atom is 0.203 e. The SMILES string of the molecule is COCC(C)n1cc(C)nc1NC(C)CC1CC1. The average molecular weight is 251 g/mol. The number of rotatable bonds is 7. The van der Waals surface area contributed by atoms with E-state index in [9.17, 15) is 0 Å². The number of methoxy groups -OCH3 is 1. The van der Waals surface area contributed by atoms with E-state index in [0.29, 0.717) is 18.7 Å². The number of hydrogen-bond acceptors (Lipinski definition) is 3. The van der Waals surface area contributed by atoms with E-state index in [0.717, 1.165) is 17.6 Å². The number of nitrogens with zero attached hydrogens (tertiary/aromatic N) is 2. The van der Waals surface area contributed by atoms with Gasteiger partial charge in [-0.25, -0.2) is 4.98 Å². The largest absolute Gasteiger partial charge is 0.383 e. The topological polar surface area (TPSA) is 39.1 Å². The van der Waals surface area contributed by atoms with Crippen LogP contribution < -0.4 is 5.32 Å². The Kier molecular flexibility index (Phi) is 4.27. The highest BCUT2D eigenvalue weighted by molar-refractivity contribution is 5.30. The maximum atomic E-state index is 5.23. The van der Waals surface area contributed by atoms with E-state index >= 15 is 0 Å². The van der Waals surface area contributed by atoms with Gasteiger partial charge in [-0.05, 0) is 33.1 Å². The van der Waals surface area contributed by atoms with Crippen molar-refractivity contribution in [2.75, 3.05) is 19.0 Å². The molecule has 2 unspecified atom stereocenters. The van der Waals surface area contributed by atoms with E-state index in [-0.39, 0.29) is 0 Å². The van der Waals surface area contributed by atoms with Crippen molar-refractivity contribution in [3.8, 4) is 0 Å². The zero-order valence-electron chi connectivity index (χ0n) is 11.9. The van der Waals surface area contributed by atoms with E-state index in [1.807, 2.05) is 6.92 Å². The van der Waals surface area contributed by atoms with Crippen molar-refractivity contribution in [3.05, 3.63) is 11.9 Å². The standard InChI is InChI=1S/C14H25N3O/c1-10(7-13-5-6-13)15-14-16-11(2)8-17(14)12(3)9-18-4/h8,10,12-13H,5-7,9H2,1-4H3,(H,15,16). The van der Waals surface area contributed by atoms with E-state index in [1.54, 1.807) is 7.11 Å². The Morgan fingerprint density at radius 2 is 2.22 bits per heavy atom. The van der Waals surface area contributed by atoms with Crippen molar-refractivity contribution in [1.29, 1.82) is 0 Å². The first-order valence-electron chi connectivity index (χ1n) is 6.91. The summed E-state index contributed by atoms with van der Waals surface area (Å²) in [4.78, 5) is 4.58. The molecule has 2 rings (SSSR count). The molecule has 4 heteroatoms. The van der Waals surface area contributed by atoms with Gasteiger partial charge in [-0.2, -0.15) is 0 Å². The smallest absolute Gasteiger partial charge is 0.203 e. The monoisotopic (exact) mass is 251 g/mol. The van der Waals surface area contributed by atoms with Gasteiger partial charge in [0.2, 0.25) is 5.95 Å². The Hall–Kier alpha value is -1.03. The molecule has 1 fully saturated rings. The Morgan fingerprint density at radius 3 is 2.83 bits per heavy atom. The highest BCUT2D eigenvalue weighted by atomic mass is 16.5. The molecule has 0 radical (unpaired) electrons. The Bertz CT molecular complexity index is 384. The molecule has 2 atom stereocenters. The van der Waals surface area contributed by atoms with Crippen LogP contribution in [-0.4, -0.2) is 29.3 Å². The summed E-state index contributed by atoms with van der Waals surface area (Å²) >= 11 is 0. The minimum atomic E-state index is 0.312. The van der Waals surface area contributed by atoms with Crippen molar-refractivity contribution in [1.82, 2.24) is 9.55 Å². The molecule has 0 amide bonds. The lowest BCUT2D eigenvalue weighted by Gasteiger charge is -2.19. The predicted molar refractivity (Wildman–Crippen MR) is 74.0 cm³/mol. The molecule has 102 valence electrons. The molecular formula is C14H25N3O. The Morgan fingerprint density at radius 1 is 1.50 bits per heavy atom. The fourth-order valence-electron chi connectivity index (χ4n) is 2.41. The van der Waals surface area contributed by atoms with Crippen LogP contribution in [0.1, 0.15) is 44.8 Å². The van der Waals surface area contributed by atoms with Crippen molar-refractivity contribution in [2.24, 2.45) is 5.92 Å². The minimum Gasteiger partial charge on any atom is -0.383 e. The van der Waals surface area contributed by atoms with E-state index in [2.05, 4.69) is 34.9 Å². The normalized spacial score (nSPS) is 18.7. The summed E-state index contributed by atoms with van der Waals surface area (Å²) in [6, 6.07) is 0.805. The Balaban J connectivity index is 2.00. The number of hydrogen-bond donors (Lipinski definition) is 1. The van der Waals surface area contributed by atoms with E-state index in [4.69, 9.17) is 4.74 Å². The fraction of sp³-hybridized carbons (Fsp3) is 0.786. The van der Waals surface area contributed by atoms with Gasteiger partial charge in [0.15, 0.2) is 0 Å². The van der Waals surface area contributed by atoms with Gasteiger partial charge in [0.05, 0.1) is 18.3 Å². The summed E-state index contributed by atoms with van der Waals surface area (Å²) in [7, 11) is 1.74. The van der Waals surface area contributed by atoms with Crippen LogP contribution >= 0.6 is 0 Å². The van der Waals surface area contributed by atoms with Crippen LogP contribution in [0.4, 0.5) is 5.95 Å². The predicted octanol–water partition coefficient (Wildman–Crippen LogP) is 3.00. The van der Waals surface area contributed by atoms with Gasteiger partial charge >= 0.3 is 0 Å². The second-order valence-corrected chi connectivity index (χ2v) is 5.64. The molecule has 1 aromatic heterocycles. The van der Waals surface area contributed by atoms with E-state index in [1.165, 1.54) is 19.3 Å². The molecule has 0 bridgehead atoms. The third kappa shape index (κ3) is 3.48.